The van der Waals surface area contributed by atoms with Crippen LogP contribution in [0.1, 0.15) is 6.92 Å². The van der Waals surface area contributed by atoms with Crippen LogP contribution in [0.5, 0.6) is 0 Å². The minimum absolute atomic E-state index is 0.371. The van der Waals surface area contributed by atoms with E-state index in [1.54, 1.807) is 0 Å². The molecule has 4 radical (unpaired) electrons. The molecule has 0 nitrogen and oxygen atoms in total. The summed E-state index contributed by atoms with van der Waals surface area (Å²) in [5.41, 5.74) is 0. The standard InChI is InChI=1S/C9H12Si2/c1-8(10)11(2)9-6-4-3-5-7-9/h3-8H,1-2H3. The molecule has 1 rings (SSSR count). The monoisotopic (exact) mass is 176 g/mol. The summed E-state index contributed by atoms with van der Waals surface area (Å²) in [5.74, 6) is 0. The smallest absolute Gasteiger partial charge is 0.0678 e. The van der Waals surface area contributed by atoms with E-state index in [0.29, 0.717) is 5.16 Å². The highest BCUT2D eigenvalue weighted by atomic mass is 28.3. The maximum absolute atomic E-state index is 3.67. The van der Waals surface area contributed by atoms with Crippen molar-refractivity contribution in [2.45, 2.75) is 18.6 Å². The Kier molecular flexibility index (Phi) is 3.08. The fraction of sp³-hybridized carbons (Fsp3) is 0.333. The number of hydrogen-bond acceptors (Lipinski definition) is 0. The van der Waals surface area contributed by atoms with Gasteiger partial charge in [-0.25, -0.2) is 0 Å². The van der Waals surface area contributed by atoms with Crippen LogP contribution < -0.4 is 5.19 Å². The van der Waals surface area contributed by atoms with Crippen molar-refractivity contribution in [3.63, 3.8) is 0 Å². The van der Waals surface area contributed by atoms with Gasteiger partial charge in [0.15, 0.2) is 0 Å². The lowest BCUT2D eigenvalue weighted by molar-refractivity contribution is 1.31. The highest BCUT2D eigenvalue weighted by Gasteiger charge is 2.10. The van der Waals surface area contributed by atoms with Crippen molar-refractivity contribution in [3.8, 4) is 0 Å². The molecular weight excluding hydrogens is 164 g/mol. The zero-order valence-electron chi connectivity index (χ0n) is 6.96. The van der Waals surface area contributed by atoms with Crippen LogP contribution in [0, 0.1) is 0 Å². The Bertz CT molecular complexity index is 206. The van der Waals surface area contributed by atoms with Crippen molar-refractivity contribution in [3.05, 3.63) is 30.3 Å². The van der Waals surface area contributed by atoms with E-state index in [2.05, 4.69) is 54.0 Å². The molecule has 1 aromatic carbocycles. The molecule has 0 aromatic heterocycles. The average Bonchev–Trinajstić information content (AvgIpc) is 2.05. The molecule has 1 atom stereocenters. The Morgan fingerprint density at radius 3 is 2.27 bits per heavy atom. The van der Waals surface area contributed by atoms with Crippen molar-refractivity contribution < 1.29 is 0 Å². The van der Waals surface area contributed by atoms with Crippen LogP contribution in [0.15, 0.2) is 30.3 Å². The summed E-state index contributed by atoms with van der Waals surface area (Å²) in [6.45, 7) is 4.55. The van der Waals surface area contributed by atoms with Crippen LogP contribution >= 0.6 is 0 Å². The Labute approximate surface area is 73.7 Å². The molecule has 56 valence electrons. The highest BCUT2D eigenvalue weighted by Crippen LogP contribution is 2.02. The first kappa shape index (κ1) is 8.75. The molecular formula is C9H12Si2. The van der Waals surface area contributed by atoms with Gasteiger partial charge in [0.05, 0.1) is 8.80 Å². The molecule has 0 aliphatic carbocycles. The van der Waals surface area contributed by atoms with Crippen LogP contribution in [0.25, 0.3) is 0 Å². The van der Waals surface area contributed by atoms with Gasteiger partial charge in [-0.1, -0.05) is 54.2 Å². The van der Waals surface area contributed by atoms with Gasteiger partial charge in [-0.15, -0.1) is 0 Å². The molecule has 2 heteroatoms. The molecule has 1 aromatic rings. The van der Waals surface area contributed by atoms with Gasteiger partial charge < -0.3 is 0 Å². The summed E-state index contributed by atoms with van der Waals surface area (Å²) in [6.07, 6.45) is 0. The van der Waals surface area contributed by atoms with Gasteiger partial charge in [-0.3, -0.25) is 0 Å². The highest BCUT2D eigenvalue weighted by molar-refractivity contribution is 6.78. The van der Waals surface area contributed by atoms with Crippen molar-refractivity contribution >= 4 is 24.2 Å². The molecule has 0 saturated carbocycles. The summed E-state index contributed by atoms with van der Waals surface area (Å²) in [6, 6.07) is 10.7. The first-order valence-electron chi connectivity index (χ1n) is 3.82. The lowest BCUT2D eigenvalue weighted by atomic mass is 10.4. The summed E-state index contributed by atoms with van der Waals surface area (Å²) < 4.78 is 0. The van der Waals surface area contributed by atoms with Gasteiger partial charge in [-0.05, 0) is 0 Å². The molecule has 0 saturated heterocycles. The average molecular weight is 176 g/mol. The Hall–Kier alpha value is -0.346. The SMILES string of the molecule is CC([Si])[Si](C)c1ccccc1. The molecule has 0 aliphatic rings. The minimum Gasteiger partial charge on any atom is -0.0678 e. The predicted octanol–water partition coefficient (Wildman–Crippen LogP) is 1.53. The summed E-state index contributed by atoms with van der Waals surface area (Å²) in [5, 5.41) is 2.14. The molecule has 0 N–H and O–H groups in total. The first-order valence-corrected chi connectivity index (χ1v) is 6.47. The molecule has 1 unspecified atom stereocenters. The van der Waals surface area contributed by atoms with E-state index in [4.69, 9.17) is 0 Å². The molecule has 0 fully saturated rings. The normalized spacial score (nSPS) is 13.5. The van der Waals surface area contributed by atoms with Crippen LogP contribution in [0.3, 0.4) is 0 Å². The van der Waals surface area contributed by atoms with Crippen molar-refractivity contribution in [2.24, 2.45) is 0 Å². The second-order valence-electron chi connectivity index (χ2n) is 2.77. The van der Waals surface area contributed by atoms with E-state index in [9.17, 15) is 0 Å². The zero-order valence-corrected chi connectivity index (χ0v) is 8.96. The lowest BCUT2D eigenvalue weighted by Crippen LogP contribution is -2.30. The molecule has 0 aliphatic heterocycles. The zero-order chi connectivity index (χ0) is 8.27. The summed E-state index contributed by atoms with van der Waals surface area (Å²) in [4.78, 5) is 0. The predicted molar refractivity (Wildman–Crippen MR) is 52.9 cm³/mol. The van der Waals surface area contributed by atoms with Crippen LogP contribution in [-0.4, -0.2) is 19.0 Å². The van der Waals surface area contributed by atoms with Crippen LogP contribution in [0.2, 0.25) is 11.7 Å². The quantitative estimate of drug-likeness (QED) is 0.600. The number of hydrogen-bond donors (Lipinski definition) is 0. The lowest BCUT2D eigenvalue weighted by Gasteiger charge is -2.12. The molecule has 0 heterocycles. The molecule has 0 spiro atoms. The van der Waals surface area contributed by atoms with Crippen molar-refractivity contribution in [1.29, 1.82) is 0 Å². The summed E-state index contributed by atoms with van der Waals surface area (Å²) in [7, 11) is 3.30. The maximum Gasteiger partial charge on any atom is 0.0819 e. The van der Waals surface area contributed by atoms with Gasteiger partial charge in [-0.2, -0.15) is 0 Å². The largest absolute Gasteiger partial charge is 0.0819 e. The maximum atomic E-state index is 3.67. The fourth-order valence-electron chi connectivity index (χ4n) is 0.951. The Morgan fingerprint density at radius 1 is 1.27 bits per heavy atom. The van der Waals surface area contributed by atoms with E-state index >= 15 is 0 Å². The van der Waals surface area contributed by atoms with Crippen LogP contribution in [-0.2, 0) is 0 Å². The fourth-order valence-corrected chi connectivity index (χ4v) is 2.67. The van der Waals surface area contributed by atoms with Gasteiger partial charge in [0.1, 0.15) is 0 Å². The van der Waals surface area contributed by atoms with Crippen LogP contribution in [0.4, 0.5) is 0 Å². The third kappa shape index (κ3) is 2.31. The molecule has 0 bridgehead atoms. The Balaban J connectivity index is 2.77. The summed E-state index contributed by atoms with van der Waals surface area (Å²) >= 11 is 0. The third-order valence-corrected chi connectivity index (χ3v) is 5.72. The van der Waals surface area contributed by atoms with E-state index < -0.39 is 0 Å². The molecule has 11 heavy (non-hydrogen) atoms. The molecule has 0 amide bonds. The third-order valence-electron chi connectivity index (χ3n) is 1.88. The minimum atomic E-state index is -0.371. The van der Waals surface area contributed by atoms with Gasteiger partial charge >= 0.3 is 0 Å². The first-order chi connectivity index (χ1) is 5.22. The van der Waals surface area contributed by atoms with Gasteiger partial charge in [0, 0.05) is 10.2 Å². The Morgan fingerprint density at radius 2 is 1.82 bits per heavy atom. The topological polar surface area (TPSA) is 0 Å². The van der Waals surface area contributed by atoms with Crippen molar-refractivity contribution in [1.82, 2.24) is 0 Å². The van der Waals surface area contributed by atoms with E-state index in [1.165, 1.54) is 5.19 Å². The number of benzene rings is 1. The van der Waals surface area contributed by atoms with Gasteiger partial charge in [0.25, 0.3) is 0 Å². The second kappa shape index (κ2) is 3.88. The number of rotatable bonds is 2. The van der Waals surface area contributed by atoms with E-state index in [0.717, 1.165) is 0 Å². The van der Waals surface area contributed by atoms with Gasteiger partial charge in [0.2, 0.25) is 0 Å². The van der Waals surface area contributed by atoms with E-state index in [1.807, 2.05) is 0 Å². The van der Waals surface area contributed by atoms with Crippen molar-refractivity contribution in [2.75, 3.05) is 0 Å². The van der Waals surface area contributed by atoms with E-state index in [-0.39, 0.29) is 8.80 Å². The second-order valence-corrected chi connectivity index (χ2v) is 7.02.